The Hall–Kier alpha value is -1.58. The Labute approximate surface area is 96.5 Å². The Bertz CT molecular complexity index is 374. The molecule has 0 aliphatic carbocycles. The van der Waals surface area contributed by atoms with E-state index in [1.165, 1.54) is 0 Å². The first-order valence-electron chi connectivity index (χ1n) is 5.45. The van der Waals surface area contributed by atoms with Crippen LogP contribution in [-0.2, 0) is 0 Å². The molecule has 0 fully saturated rings. The summed E-state index contributed by atoms with van der Waals surface area (Å²) in [5.74, 6) is 0.510. The van der Waals surface area contributed by atoms with Crippen LogP contribution in [0.25, 0.3) is 0 Å². The van der Waals surface area contributed by atoms with Crippen LogP contribution < -0.4 is 10.6 Å². The summed E-state index contributed by atoms with van der Waals surface area (Å²) in [6, 6.07) is 3.52. The number of hydrogen-bond donors (Lipinski definition) is 2. The highest BCUT2D eigenvalue weighted by atomic mass is 16.1. The molecule has 2 N–H and O–H groups in total. The second kappa shape index (κ2) is 4.96. The number of nitrogens with zero attached hydrogens (tertiary/aromatic N) is 1. The molecule has 1 rings (SSSR count). The standard InChI is InChI=1S/C12H19N3O/c1-5-12(2,3)15-11(16)9-7-6-8-14-10(9)13-4/h6-8H,5H2,1-4H3,(H,13,14)(H,15,16). The summed E-state index contributed by atoms with van der Waals surface area (Å²) in [4.78, 5) is 16.1. The minimum Gasteiger partial charge on any atom is -0.372 e. The van der Waals surface area contributed by atoms with Gasteiger partial charge in [-0.15, -0.1) is 0 Å². The number of carbonyl (C=O) groups is 1. The van der Waals surface area contributed by atoms with Crippen molar-refractivity contribution in [2.75, 3.05) is 12.4 Å². The summed E-state index contributed by atoms with van der Waals surface area (Å²) in [6.07, 6.45) is 2.54. The molecule has 0 spiro atoms. The third-order valence-electron chi connectivity index (χ3n) is 2.62. The molecule has 0 aliphatic rings. The first-order valence-corrected chi connectivity index (χ1v) is 5.45. The van der Waals surface area contributed by atoms with Gasteiger partial charge < -0.3 is 10.6 Å². The smallest absolute Gasteiger partial charge is 0.255 e. The topological polar surface area (TPSA) is 54.0 Å². The van der Waals surface area contributed by atoms with Crippen molar-refractivity contribution in [3.8, 4) is 0 Å². The zero-order chi connectivity index (χ0) is 12.2. The Morgan fingerprint density at radius 2 is 2.19 bits per heavy atom. The van der Waals surface area contributed by atoms with Crippen molar-refractivity contribution in [1.29, 1.82) is 0 Å². The van der Waals surface area contributed by atoms with Crippen LogP contribution in [0.1, 0.15) is 37.6 Å². The van der Waals surface area contributed by atoms with E-state index in [0.717, 1.165) is 6.42 Å². The van der Waals surface area contributed by atoms with E-state index < -0.39 is 0 Å². The van der Waals surface area contributed by atoms with E-state index >= 15 is 0 Å². The fourth-order valence-corrected chi connectivity index (χ4v) is 1.25. The number of carbonyl (C=O) groups excluding carboxylic acids is 1. The number of amides is 1. The van der Waals surface area contributed by atoms with Gasteiger partial charge in [0.15, 0.2) is 0 Å². The maximum Gasteiger partial charge on any atom is 0.255 e. The van der Waals surface area contributed by atoms with Gasteiger partial charge in [0, 0.05) is 18.8 Å². The molecule has 4 heteroatoms. The number of hydrogen-bond acceptors (Lipinski definition) is 3. The van der Waals surface area contributed by atoms with Gasteiger partial charge in [-0.1, -0.05) is 6.92 Å². The van der Waals surface area contributed by atoms with Crippen molar-refractivity contribution in [3.63, 3.8) is 0 Å². The van der Waals surface area contributed by atoms with Crippen LogP contribution in [0.5, 0.6) is 0 Å². The number of anilines is 1. The minimum absolute atomic E-state index is 0.0932. The summed E-state index contributed by atoms with van der Waals surface area (Å²) in [5, 5.41) is 5.89. The lowest BCUT2D eigenvalue weighted by Crippen LogP contribution is -2.43. The summed E-state index contributed by atoms with van der Waals surface area (Å²) in [5.41, 5.74) is 0.379. The quantitative estimate of drug-likeness (QED) is 0.818. The lowest BCUT2D eigenvalue weighted by Gasteiger charge is -2.24. The molecule has 1 heterocycles. The van der Waals surface area contributed by atoms with Crippen molar-refractivity contribution in [1.82, 2.24) is 10.3 Å². The molecule has 1 amide bonds. The predicted octanol–water partition coefficient (Wildman–Crippen LogP) is 2.04. The first-order chi connectivity index (χ1) is 7.50. The van der Waals surface area contributed by atoms with E-state index in [9.17, 15) is 4.79 Å². The van der Waals surface area contributed by atoms with Crippen LogP contribution in [0.3, 0.4) is 0 Å². The van der Waals surface area contributed by atoms with Gasteiger partial charge in [0.1, 0.15) is 5.82 Å². The minimum atomic E-state index is -0.196. The summed E-state index contributed by atoms with van der Waals surface area (Å²) in [7, 11) is 1.75. The molecule has 0 saturated heterocycles. The van der Waals surface area contributed by atoms with Crippen LogP contribution in [0.2, 0.25) is 0 Å². The molecule has 88 valence electrons. The largest absolute Gasteiger partial charge is 0.372 e. The highest BCUT2D eigenvalue weighted by molar-refractivity contribution is 5.99. The number of nitrogens with one attached hydrogen (secondary N) is 2. The fourth-order valence-electron chi connectivity index (χ4n) is 1.25. The lowest BCUT2D eigenvalue weighted by atomic mass is 10.0. The molecule has 16 heavy (non-hydrogen) atoms. The van der Waals surface area contributed by atoms with E-state index in [-0.39, 0.29) is 11.4 Å². The van der Waals surface area contributed by atoms with Crippen LogP contribution in [0, 0.1) is 0 Å². The molecule has 0 radical (unpaired) electrons. The van der Waals surface area contributed by atoms with Crippen molar-refractivity contribution in [2.45, 2.75) is 32.7 Å². The summed E-state index contributed by atoms with van der Waals surface area (Å²) < 4.78 is 0. The second-order valence-electron chi connectivity index (χ2n) is 4.34. The van der Waals surface area contributed by atoms with Gasteiger partial charge in [0.2, 0.25) is 0 Å². The molecule has 0 aliphatic heterocycles. The highest BCUT2D eigenvalue weighted by Crippen LogP contribution is 2.13. The fraction of sp³-hybridized carbons (Fsp3) is 0.500. The van der Waals surface area contributed by atoms with Gasteiger partial charge in [-0.25, -0.2) is 4.98 Å². The molecule has 0 unspecified atom stereocenters. The Kier molecular flexibility index (Phi) is 3.88. The van der Waals surface area contributed by atoms with Crippen LogP contribution in [-0.4, -0.2) is 23.5 Å². The van der Waals surface area contributed by atoms with E-state index in [4.69, 9.17) is 0 Å². The zero-order valence-electron chi connectivity index (χ0n) is 10.3. The Morgan fingerprint density at radius 1 is 1.50 bits per heavy atom. The number of aromatic nitrogens is 1. The molecule has 1 aromatic rings. The molecule has 0 saturated carbocycles. The highest BCUT2D eigenvalue weighted by Gasteiger charge is 2.20. The molecular formula is C12H19N3O. The second-order valence-corrected chi connectivity index (χ2v) is 4.34. The van der Waals surface area contributed by atoms with E-state index in [0.29, 0.717) is 11.4 Å². The Balaban J connectivity index is 2.88. The van der Waals surface area contributed by atoms with Crippen LogP contribution in [0.4, 0.5) is 5.82 Å². The molecule has 0 atom stereocenters. The van der Waals surface area contributed by atoms with Crippen molar-refractivity contribution in [3.05, 3.63) is 23.9 Å². The maximum atomic E-state index is 12.0. The normalized spacial score (nSPS) is 11.0. The summed E-state index contributed by atoms with van der Waals surface area (Å²) >= 11 is 0. The molecule has 0 aromatic carbocycles. The summed E-state index contributed by atoms with van der Waals surface area (Å²) in [6.45, 7) is 6.04. The maximum absolute atomic E-state index is 12.0. The zero-order valence-corrected chi connectivity index (χ0v) is 10.3. The van der Waals surface area contributed by atoms with Crippen LogP contribution >= 0.6 is 0 Å². The molecular weight excluding hydrogens is 202 g/mol. The van der Waals surface area contributed by atoms with Gasteiger partial charge in [0.25, 0.3) is 5.91 Å². The Morgan fingerprint density at radius 3 is 2.75 bits per heavy atom. The van der Waals surface area contributed by atoms with Crippen molar-refractivity contribution in [2.24, 2.45) is 0 Å². The van der Waals surface area contributed by atoms with Crippen molar-refractivity contribution < 1.29 is 4.79 Å². The predicted molar refractivity (Wildman–Crippen MR) is 65.6 cm³/mol. The van der Waals surface area contributed by atoms with Crippen LogP contribution in [0.15, 0.2) is 18.3 Å². The van der Waals surface area contributed by atoms with Gasteiger partial charge in [-0.3, -0.25) is 4.79 Å². The first kappa shape index (κ1) is 12.5. The van der Waals surface area contributed by atoms with E-state index in [1.807, 2.05) is 20.8 Å². The molecule has 0 bridgehead atoms. The third-order valence-corrected chi connectivity index (χ3v) is 2.62. The molecule has 4 nitrogen and oxygen atoms in total. The average Bonchev–Trinajstić information content (AvgIpc) is 2.28. The van der Waals surface area contributed by atoms with Gasteiger partial charge >= 0.3 is 0 Å². The molecule has 1 aromatic heterocycles. The van der Waals surface area contributed by atoms with Gasteiger partial charge in [-0.2, -0.15) is 0 Å². The monoisotopic (exact) mass is 221 g/mol. The number of rotatable bonds is 4. The van der Waals surface area contributed by atoms with Gasteiger partial charge in [0.05, 0.1) is 5.56 Å². The third kappa shape index (κ3) is 2.95. The average molecular weight is 221 g/mol. The van der Waals surface area contributed by atoms with Gasteiger partial charge in [-0.05, 0) is 32.4 Å². The SMILES string of the molecule is CCC(C)(C)NC(=O)c1cccnc1NC. The van der Waals surface area contributed by atoms with E-state index in [1.54, 1.807) is 25.4 Å². The van der Waals surface area contributed by atoms with E-state index in [2.05, 4.69) is 15.6 Å². The lowest BCUT2D eigenvalue weighted by molar-refractivity contribution is 0.0912. The van der Waals surface area contributed by atoms with Crippen molar-refractivity contribution >= 4 is 11.7 Å². The number of pyridine rings is 1.